The first-order chi connectivity index (χ1) is 9.58. The smallest absolute Gasteiger partial charge is 0.410 e. The molecular formula is C13H18N4O3. The number of cyclic esters (lactones) is 1. The Morgan fingerprint density at radius 3 is 2.95 bits per heavy atom. The number of likely N-dealkylation sites (N-methyl/N-ethyl adjacent to an activating group) is 1. The maximum absolute atomic E-state index is 12.1. The molecule has 108 valence electrons. The van der Waals surface area contributed by atoms with Crippen LogP contribution in [0.3, 0.4) is 0 Å². The van der Waals surface area contributed by atoms with Gasteiger partial charge in [0.05, 0.1) is 12.2 Å². The molecule has 2 heterocycles. The molecule has 1 atom stereocenters. The Hall–Kier alpha value is -2.18. The highest BCUT2D eigenvalue weighted by Gasteiger charge is 2.26. The van der Waals surface area contributed by atoms with E-state index in [0.717, 1.165) is 5.69 Å². The monoisotopic (exact) mass is 278 g/mol. The van der Waals surface area contributed by atoms with Crippen molar-refractivity contribution in [3.8, 4) is 0 Å². The van der Waals surface area contributed by atoms with Crippen molar-refractivity contribution in [2.24, 2.45) is 0 Å². The number of hydrogen-bond donors (Lipinski definition) is 0. The van der Waals surface area contributed by atoms with Crippen LogP contribution in [-0.2, 0) is 16.0 Å². The van der Waals surface area contributed by atoms with E-state index < -0.39 is 6.09 Å². The number of aromatic nitrogens is 2. The van der Waals surface area contributed by atoms with Crippen molar-refractivity contribution in [3.05, 3.63) is 24.3 Å². The van der Waals surface area contributed by atoms with Crippen LogP contribution in [0, 0.1) is 0 Å². The van der Waals surface area contributed by atoms with Crippen LogP contribution in [-0.4, -0.2) is 64.6 Å². The van der Waals surface area contributed by atoms with Crippen molar-refractivity contribution >= 4 is 12.0 Å². The third-order valence-electron chi connectivity index (χ3n) is 3.35. The van der Waals surface area contributed by atoms with E-state index in [1.165, 1.54) is 4.90 Å². The molecule has 0 aliphatic carbocycles. The summed E-state index contributed by atoms with van der Waals surface area (Å²) >= 11 is 0. The minimum atomic E-state index is -0.423. The van der Waals surface area contributed by atoms with Crippen LogP contribution in [0.25, 0.3) is 0 Å². The summed E-state index contributed by atoms with van der Waals surface area (Å²) in [5.41, 5.74) is 0.834. The van der Waals surface area contributed by atoms with Gasteiger partial charge in [-0.2, -0.15) is 0 Å². The normalized spacial score (nSPS) is 15.9. The van der Waals surface area contributed by atoms with Crippen molar-refractivity contribution in [1.82, 2.24) is 19.8 Å². The average molecular weight is 278 g/mol. The first-order valence-corrected chi connectivity index (χ1v) is 6.50. The fraction of sp³-hybridized carbons (Fsp3) is 0.538. The van der Waals surface area contributed by atoms with E-state index in [1.54, 1.807) is 30.5 Å². The van der Waals surface area contributed by atoms with Gasteiger partial charge in [0.2, 0.25) is 5.91 Å². The van der Waals surface area contributed by atoms with Crippen molar-refractivity contribution in [1.29, 1.82) is 0 Å². The molecule has 0 radical (unpaired) electrons. The first-order valence-electron chi connectivity index (χ1n) is 6.50. The number of ether oxygens (including phenoxy) is 1. The van der Waals surface area contributed by atoms with Crippen molar-refractivity contribution in [2.45, 2.75) is 19.4 Å². The molecule has 1 aromatic rings. The predicted octanol–water partition coefficient (Wildman–Crippen LogP) is 0.318. The minimum absolute atomic E-state index is 0.0159. The van der Waals surface area contributed by atoms with E-state index in [2.05, 4.69) is 9.97 Å². The van der Waals surface area contributed by atoms with Gasteiger partial charge in [-0.15, -0.1) is 0 Å². The molecule has 2 amide bonds. The Bertz CT molecular complexity index is 480. The fourth-order valence-electron chi connectivity index (χ4n) is 1.96. The largest absolute Gasteiger partial charge is 0.448 e. The Morgan fingerprint density at radius 1 is 1.55 bits per heavy atom. The first kappa shape index (κ1) is 14.2. The molecular weight excluding hydrogens is 260 g/mol. The lowest BCUT2D eigenvalue weighted by atomic mass is 10.1. The van der Waals surface area contributed by atoms with Gasteiger partial charge in [-0.25, -0.2) is 4.79 Å². The van der Waals surface area contributed by atoms with Gasteiger partial charge in [0, 0.05) is 38.1 Å². The molecule has 7 heteroatoms. The van der Waals surface area contributed by atoms with Crippen LogP contribution in [0.4, 0.5) is 4.79 Å². The number of nitrogens with zero attached hydrogens (tertiary/aromatic N) is 4. The quantitative estimate of drug-likeness (QED) is 0.775. The number of amides is 2. The number of carbonyl (C=O) groups excluding carboxylic acids is 2. The van der Waals surface area contributed by atoms with Crippen LogP contribution >= 0.6 is 0 Å². The highest BCUT2D eigenvalue weighted by atomic mass is 16.6. The van der Waals surface area contributed by atoms with Crippen molar-refractivity contribution in [3.63, 3.8) is 0 Å². The highest BCUT2D eigenvalue weighted by Crippen LogP contribution is 2.07. The molecule has 1 aliphatic heterocycles. The third-order valence-corrected chi connectivity index (χ3v) is 3.35. The van der Waals surface area contributed by atoms with Gasteiger partial charge in [-0.05, 0) is 6.92 Å². The average Bonchev–Trinajstić information content (AvgIpc) is 2.84. The second kappa shape index (κ2) is 6.31. The summed E-state index contributed by atoms with van der Waals surface area (Å²) < 4.78 is 4.80. The Labute approximate surface area is 117 Å². The van der Waals surface area contributed by atoms with Gasteiger partial charge in [0.1, 0.15) is 13.2 Å². The van der Waals surface area contributed by atoms with Gasteiger partial charge in [0.25, 0.3) is 0 Å². The van der Waals surface area contributed by atoms with Crippen LogP contribution < -0.4 is 0 Å². The zero-order valence-electron chi connectivity index (χ0n) is 11.7. The lowest BCUT2D eigenvalue weighted by Gasteiger charge is -2.26. The Balaban J connectivity index is 1.87. The summed E-state index contributed by atoms with van der Waals surface area (Å²) in [5, 5.41) is 0. The second-order valence-corrected chi connectivity index (χ2v) is 4.79. The predicted molar refractivity (Wildman–Crippen MR) is 70.9 cm³/mol. The summed E-state index contributed by atoms with van der Waals surface area (Å²) in [6.45, 7) is 2.82. The summed E-state index contributed by atoms with van der Waals surface area (Å²) in [5.74, 6) is -0.111. The molecule has 0 unspecified atom stereocenters. The van der Waals surface area contributed by atoms with Crippen molar-refractivity contribution in [2.75, 3.05) is 26.7 Å². The molecule has 0 aromatic carbocycles. The van der Waals surface area contributed by atoms with E-state index in [4.69, 9.17) is 4.74 Å². The lowest BCUT2D eigenvalue weighted by Crippen LogP contribution is -2.43. The number of rotatable bonds is 5. The zero-order valence-corrected chi connectivity index (χ0v) is 11.7. The van der Waals surface area contributed by atoms with Crippen LogP contribution in [0.15, 0.2) is 18.6 Å². The Kier molecular flexibility index (Phi) is 4.49. The summed E-state index contributed by atoms with van der Waals surface area (Å²) in [4.78, 5) is 34.7. The topological polar surface area (TPSA) is 75.6 Å². The fourth-order valence-corrected chi connectivity index (χ4v) is 1.96. The van der Waals surface area contributed by atoms with E-state index in [9.17, 15) is 9.59 Å². The summed E-state index contributed by atoms with van der Waals surface area (Å²) in [6, 6.07) is -0.0159. The van der Waals surface area contributed by atoms with Gasteiger partial charge in [-0.3, -0.25) is 19.7 Å². The van der Waals surface area contributed by atoms with E-state index in [-0.39, 0.29) is 18.5 Å². The number of hydrogen-bond acceptors (Lipinski definition) is 5. The van der Waals surface area contributed by atoms with E-state index >= 15 is 0 Å². The highest BCUT2D eigenvalue weighted by molar-refractivity contribution is 5.82. The number of carbonyl (C=O) groups is 2. The molecule has 1 aliphatic rings. The van der Waals surface area contributed by atoms with E-state index in [0.29, 0.717) is 19.6 Å². The maximum atomic E-state index is 12.1. The SMILES string of the molecule is C[C@@H](Cc1cnccn1)N(C)C(=O)CN1CCOC1=O. The van der Waals surface area contributed by atoms with Crippen LogP contribution in [0.2, 0.25) is 0 Å². The lowest BCUT2D eigenvalue weighted by molar-refractivity contribution is -0.132. The summed E-state index contributed by atoms with van der Waals surface area (Å²) in [7, 11) is 1.73. The van der Waals surface area contributed by atoms with Gasteiger partial charge in [0.15, 0.2) is 0 Å². The molecule has 20 heavy (non-hydrogen) atoms. The maximum Gasteiger partial charge on any atom is 0.410 e. The summed E-state index contributed by atoms with van der Waals surface area (Å²) in [6.07, 6.45) is 5.13. The van der Waals surface area contributed by atoms with Gasteiger partial charge in [-0.1, -0.05) is 0 Å². The molecule has 7 nitrogen and oxygen atoms in total. The zero-order chi connectivity index (χ0) is 14.5. The Morgan fingerprint density at radius 2 is 2.35 bits per heavy atom. The minimum Gasteiger partial charge on any atom is -0.448 e. The van der Waals surface area contributed by atoms with Gasteiger partial charge < -0.3 is 9.64 Å². The second-order valence-electron chi connectivity index (χ2n) is 4.79. The molecule has 0 saturated carbocycles. The van der Waals surface area contributed by atoms with Gasteiger partial charge >= 0.3 is 6.09 Å². The van der Waals surface area contributed by atoms with Crippen LogP contribution in [0.5, 0.6) is 0 Å². The third kappa shape index (κ3) is 3.43. The molecule has 1 aromatic heterocycles. The molecule has 1 saturated heterocycles. The van der Waals surface area contributed by atoms with Crippen molar-refractivity contribution < 1.29 is 14.3 Å². The molecule has 0 bridgehead atoms. The molecule has 0 N–H and O–H groups in total. The standard InChI is InChI=1S/C13H18N4O3/c1-10(7-11-8-14-3-4-15-11)16(2)12(18)9-17-5-6-20-13(17)19/h3-4,8,10H,5-7,9H2,1-2H3/t10-/m0/s1. The molecule has 2 rings (SSSR count). The molecule has 1 fully saturated rings. The van der Waals surface area contributed by atoms with Crippen LogP contribution in [0.1, 0.15) is 12.6 Å². The van der Waals surface area contributed by atoms with E-state index in [1.807, 2.05) is 6.92 Å². The molecule has 0 spiro atoms.